The molecular formula is C18H28N4O4. The molecule has 0 bridgehead atoms. The molecule has 8 heteroatoms. The summed E-state index contributed by atoms with van der Waals surface area (Å²) in [4.78, 5) is 39.2. The summed E-state index contributed by atoms with van der Waals surface area (Å²) >= 11 is 0. The number of ketones is 2. The van der Waals surface area contributed by atoms with Gasteiger partial charge in [0.2, 0.25) is 11.6 Å². The summed E-state index contributed by atoms with van der Waals surface area (Å²) in [5.41, 5.74) is 0.448. The highest BCUT2D eigenvalue weighted by molar-refractivity contribution is 6.55. The Hall–Kier alpha value is -1.35. The highest BCUT2D eigenvalue weighted by Gasteiger charge is 2.77. The average molecular weight is 364 g/mol. The molecule has 0 aromatic rings. The Morgan fingerprint density at radius 1 is 1.04 bits per heavy atom. The van der Waals surface area contributed by atoms with Crippen LogP contribution >= 0.6 is 0 Å². The molecule has 2 aliphatic carbocycles. The molecule has 2 heterocycles. The maximum Gasteiger partial charge on any atom is 0.320 e. The number of carbonyl (C=O) groups excluding carboxylic acids is 2. The van der Waals surface area contributed by atoms with E-state index in [0.717, 1.165) is 58.5 Å². The van der Waals surface area contributed by atoms with Gasteiger partial charge in [0.05, 0.1) is 0 Å². The first-order valence-corrected chi connectivity index (χ1v) is 9.81. The van der Waals surface area contributed by atoms with Crippen molar-refractivity contribution in [2.45, 2.75) is 50.1 Å². The molecule has 2 saturated heterocycles. The van der Waals surface area contributed by atoms with E-state index >= 15 is 0 Å². The number of nitrogens with one attached hydrogen (secondary N) is 2. The second kappa shape index (κ2) is 6.67. The van der Waals surface area contributed by atoms with Crippen molar-refractivity contribution in [3.05, 3.63) is 0 Å². The highest BCUT2D eigenvalue weighted by Crippen LogP contribution is 2.54. The average Bonchev–Trinajstić information content (AvgIpc) is 2.68. The number of nitrogens with zero attached hydrogens (tertiary/aromatic N) is 2. The van der Waals surface area contributed by atoms with Gasteiger partial charge in [-0.1, -0.05) is 12.8 Å². The Bertz CT molecular complexity index is 612. The zero-order valence-electron chi connectivity index (χ0n) is 15.1. The normalized spacial score (nSPS) is 37.2. The first kappa shape index (κ1) is 18.0. The van der Waals surface area contributed by atoms with Gasteiger partial charge in [0.1, 0.15) is 5.54 Å². The Labute approximate surface area is 153 Å². The lowest BCUT2D eigenvalue weighted by atomic mass is 9.47. The molecule has 8 nitrogen and oxygen atoms in total. The van der Waals surface area contributed by atoms with E-state index in [1.807, 2.05) is 5.01 Å². The lowest BCUT2D eigenvalue weighted by Crippen LogP contribution is -2.84. The van der Waals surface area contributed by atoms with Crippen LogP contribution in [-0.4, -0.2) is 83.4 Å². The third-order valence-corrected chi connectivity index (χ3v) is 6.92. The fourth-order valence-corrected chi connectivity index (χ4v) is 5.38. The fourth-order valence-electron chi connectivity index (χ4n) is 5.38. The van der Waals surface area contributed by atoms with Gasteiger partial charge in [0, 0.05) is 32.2 Å². The van der Waals surface area contributed by atoms with Crippen LogP contribution in [0, 0.1) is 5.41 Å². The number of piperazine rings is 1. The quantitative estimate of drug-likeness (QED) is 0.449. The summed E-state index contributed by atoms with van der Waals surface area (Å²) in [6.07, 6.45) is 4.46. The summed E-state index contributed by atoms with van der Waals surface area (Å²) in [6, 6.07) is 0.608. The largest absolute Gasteiger partial charge is 0.480 e. The van der Waals surface area contributed by atoms with Gasteiger partial charge in [-0.05, 0) is 38.8 Å². The van der Waals surface area contributed by atoms with Gasteiger partial charge in [-0.2, -0.15) is 0 Å². The zero-order chi connectivity index (χ0) is 18.4. The summed E-state index contributed by atoms with van der Waals surface area (Å²) in [5.74, 6) is -2.41. The van der Waals surface area contributed by atoms with E-state index in [1.54, 1.807) is 0 Å². The number of carboxylic acid groups (broad SMARTS) is 1. The Morgan fingerprint density at radius 2 is 1.69 bits per heavy atom. The summed E-state index contributed by atoms with van der Waals surface area (Å²) < 4.78 is 0. The van der Waals surface area contributed by atoms with E-state index in [0.29, 0.717) is 18.9 Å². The molecule has 4 rings (SSSR count). The minimum absolute atomic E-state index is 0.259. The van der Waals surface area contributed by atoms with Crippen molar-refractivity contribution in [1.29, 1.82) is 0 Å². The number of rotatable bonds is 4. The van der Waals surface area contributed by atoms with Crippen LogP contribution in [0.4, 0.5) is 0 Å². The molecule has 144 valence electrons. The minimum Gasteiger partial charge on any atom is -0.480 e. The molecule has 26 heavy (non-hydrogen) atoms. The second-order valence-electron chi connectivity index (χ2n) is 8.10. The maximum absolute atomic E-state index is 12.5. The van der Waals surface area contributed by atoms with Crippen molar-refractivity contribution in [3.63, 3.8) is 0 Å². The van der Waals surface area contributed by atoms with Crippen molar-refractivity contribution >= 4 is 17.5 Å². The van der Waals surface area contributed by atoms with Crippen LogP contribution in [0.25, 0.3) is 0 Å². The van der Waals surface area contributed by atoms with Crippen LogP contribution in [0.5, 0.6) is 0 Å². The van der Waals surface area contributed by atoms with Crippen LogP contribution in [0.2, 0.25) is 0 Å². The van der Waals surface area contributed by atoms with Crippen molar-refractivity contribution < 1.29 is 19.5 Å². The van der Waals surface area contributed by atoms with Gasteiger partial charge in [-0.3, -0.25) is 19.3 Å². The molecule has 2 atom stereocenters. The molecule has 0 unspecified atom stereocenters. The van der Waals surface area contributed by atoms with Gasteiger partial charge in [0.25, 0.3) is 0 Å². The number of hydrogen-bond donors (Lipinski definition) is 3. The molecule has 4 fully saturated rings. The molecule has 0 radical (unpaired) electrons. The predicted molar refractivity (Wildman–Crippen MR) is 93.5 cm³/mol. The number of carboxylic acids is 1. The van der Waals surface area contributed by atoms with Gasteiger partial charge in [-0.25, -0.2) is 10.4 Å². The molecule has 4 aliphatic rings. The third-order valence-electron chi connectivity index (χ3n) is 6.92. The van der Waals surface area contributed by atoms with Crippen molar-refractivity contribution in [3.8, 4) is 0 Å². The number of fused-ring (bicyclic) bond motifs is 1. The summed E-state index contributed by atoms with van der Waals surface area (Å²) in [5, 5.41) is 15.1. The van der Waals surface area contributed by atoms with Gasteiger partial charge in [0.15, 0.2) is 5.41 Å². The van der Waals surface area contributed by atoms with E-state index in [4.69, 9.17) is 0 Å². The van der Waals surface area contributed by atoms with Gasteiger partial charge < -0.3 is 10.4 Å². The van der Waals surface area contributed by atoms with Crippen LogP contribution < -0.4 is 10.7 Å². The van der Waals surface area contributed by atoms with Gasteiger partial charge >= 0.3 is 5.97 Å². The number of hydrogen-bond acceptors (Lipinski definition) is 7. The maximum atomic E-state index is 12.5. The highest BCUT2D eigenvalue weighted by atomic mass is 16.4. The van der Waals surface area contributed by atoms with Crippen LogP contribution in [-0.2, 0) is 14.4 Å². The second-order valence-corrected chi connectivity index (χ2v) is 8.10. The van der Waals surface area contributed by atoms with E-state index < -0.39 is 28.5 Å². The molecule has 0 aromatic heterocycles. The van der Waals surface area contributed by atoms with Crippen molar-refractivity contribution in [2.24, 2.45) is 5.41 Å². The SMILES string of the molecule is O=C(O)[C@]12CCCC[C@]1(NN1CCN(C3CCNCC3)CC1)C(=O)C2=O. The van der Waals surface area contributed by atoms with Crippen molar-refractivity contribution in [1.82, 2.24) is 20.7 Å². The molecule has 2 aliphatic heterocycles. The van der Waals surface area contributed by atoms with Crippen molar-refractivity contribution in [2.75, 3.05) is 39.3 Å². The number of carbonyl (C=O) groups is 3. The zero-order valence-corrected chi connectivity index (χ0v) is 15.1. The molecule has 2 saturated carbocycles. The first-order valence-electron chi connectivity index (χ1n) is 9.81. The van der Waals surface area contributed by atoms with E-state index in [9.17, 15) is 19.5 Å². The molecule has 0 amide bonds. The number of piperidine rings is 1. The van der Waals surface area contributed by atoms with Crippen LogP contribution in [0.15, 0.2) is 0 Å². The smallest absolute Gasteiger partial charge is 0.320 e. The lowest BCUT2D eigenvalue weighted by Gasteiger charge is -2.57. The Balaban J connectivity index is 1.44. The standard InChI is InChI=1S/C18H28N4O4/c23-14-15(24)18(6-2-1-5-17(14,18)16(25)26)20-22-11-9-21(10-12-22)13-3-7-19-8-4-13/h13,19-20H,1-12H2,(H,25,26)/t17-,18+/m1/s1. The molecule has 0 aromatic carbocycles. The fraction of sp³-hybridized carbons (Fsp3) is 0.833. The van der Waals surface area contributed by atoms with Crippen LogP contribution in [0.1, 0.15) is 38.5 Å². The Morgan fingerprint density at radius 3 is 2.35 bits per heavy atom. The third kappa shape index (κ3) is 2.46. The lowest BCUT2D eigenvalue weighted by molar-refractivity contribution is -0.189. The monoisotopic (exact) mass is 364 g/mol. The van der Waals surface area contributed by atoms with E-state index in [2.05, 4.69) is 15.6 Å². The topological polar surface area (TPSA) is 102 Å². The van der Waals surface area contributed by atoms with E-state index in [1.165, 1.54) is 0 Å². The van der Waals surface area contributed by atoms with Gasteiger partial charge in [-0.15, -0.1) is 0 Å². The number of Topliss-reactive ketones (excluding diaryl/α,β-unsaturated/α-hetero) is 2. The van der Waals surface area contributed by atoms with Crippen LogP contribution in [0.3, 0.4) is 0 Å². The minimum atomic E-state index is -1.56. The predicted octanol–water partition coefficient (Wildman–Crippen LogP) is -0.604. The molecular weight excluding hydrogens is 336 g/mol. The van der Waals surface area contributed by atoms with E-state index in [-0.39, 0.29) is 6.42 Å². The molecule has 0 spiro atoms. The summed E-state index contributed by atoms with van der Waals surface area (Å²) in [6.45, 7) is 5.39. The summed E-state index contributed by atoms with van der Waals surface area (Å²) in [7, 11) is 0. The number of aliphatic carboxylic acids is 1. The first-order chi connectivity index (χ1) is 12.5. The Kier molecular flexibility index (Phi) is 4.63. The number of hydrazine groups is 1. The molecule has 3 N–H and O–H groups in total.